The Morgan fingerprint density at radius 1 is 1.23 bits per heavy atom. The van der Waals surface area contributed by atoms with Crippen LogP contribution in [-0.2, 0) is 0 Å². The monoisotopic (exact) mass is 414 g/mol. The average molecular weight is 415 g/mol. The number of carbonyl (C=O) groups is 1. The van der Waals surface area contributed by atoms with Crippen molar-refractivity contribution in [2.24, 2.45) is 0 Å². The molecule has 1 saturated carbocycles. The van der Waals surface area contributed by atoms with Crippen LogP contribution in [0.25, 0.3) is 22.4 Å². The van der Waals surface area contributed by atoms with E-state index in [4.69, 9.17) is 9.72 Å². The molecule has 26 heavy (non-hydrogen) atoms. The summed E-state index contributed by atoms with van der Waals surface area (Å²) in [5, 5.41) is 9.29. The highest BCUT2D eigenvalue weighted by molar-refractivity contribution is 9.10. The third-order valence-corrected chi connectivity index (χ3v) is 5.66. The fourth-order valence-electron chi connectivity index (χ4n) is 3.77. The number of fused-ring (bicyclic) bond motifs is 1. The molecule has 0 amide bonds. The summed E-state index contributed by atoms with van der Waals surface area (Å²) in [4.78, 5) is 16.1. The summed E-state index contributed by atoms with van der Waals surface area (Å²) in [6, 6.07) is 11.5. The van der Waals surface area contributed by atoms with Crippen molar-refractivity contribution >= 4 is 32.9 Å². The number of benzene rings is 2. The number of carboxylic acids is 1. The van der Waals surface area contributed by atoms with Crippen molar-refractivity contribution in [2.45, 2.75) is 31.7 Å². The van der Waals surface area contributed by atoms with E-state index in [1.54, 1.807) is 19.2 Å². The van der Waals surface area contributed by atoms with Gasteiger partial charge in [0.25, 0.3) is 0 Å². The number of aromatic carboxylic acids is 1. The molecule has 2 aromatic carbocycles. The van der Waals surface area contributed by atoms with Crippen molar-refractivity contribution in [3.8, 4) is 17.1 Å². The molecular formula is C20H19BrN2O3. The van der Waals surface area contributed by atoms with Crippen LogP contribution in [-0.4, -0.2) is 27.7 Å². The molecule has 0 atom stereocenters. The van der Waals surface area contributed by atoms with E-state index in [9.17, 15) is 9.90 Å². The largest absolute Gasteiger partial charge is 0.496 e. The molecule has 0 bridgehead atoms. The molecule has 1 aromatic heterocycles. The number of carboxylic acid groups (broad SMARTS) is 1. The van der Waals surface area contributed by atoms with E-state index in [0.29, 0.717) is 6.04 Å². The molecule has 5 nitrogen and oxygen atoms in total. The van der Waals surface area contributed by atoms with E-state index in [-0.39, 0.29) is 5.56 Å². The molecule has 1 N–H and O–H groups in total. The number of imidazole rings is 1. The van der Waals surface area contributed by atoms with Crippen molar-refractivity contribution < 1.29 is 14.6 Å². The van der Waals surface area contributed by atoms with Gasteiger partial charge in [0, 0.05) is 11.6 Å². The number of hydrogen-bond donors (Lipinski definition) is 1. The summed E-state index contributed by atoms with van der Waals surface area (Å²) >= 11 is 3.55. The van der Waals surface area contributed by atoms with Crippen LogP contribution in [0.4, 0.5) is 0 Å². The lowest BCUT2D eigenvalue weighted by molar-refractivity contribution is 0.0697. The number of hydrogen-bond acceptors (Lipinski definition) is 3. The summed E-state index contributed by atoms with van der Waals surface area (Å²) < 4.78 is 8.48. The summed E-state index contributed by atoms with van der Waals surface area (Å²) in [6.07, 6.45) is 4.67. The zero-order valence-corrected chi connectivity index (χ0v) is 16.0. The minimum Gasteiger partial charge on any atom is -0.496 e. The van der Waals surface area contributed by atoms with Gasteiger partial charge in [-0.1, -0.05) is 12.8 Å². The molecule has 1 heterocycles. The van der Waals surface area contributed by atoms with Crippen molar-refractivity contribution in [1.82, 2.24) is 9.55 Å². The Morgan fingerprint density at radius 3 is 2.65 bits per heavy atom. The summed E-state index contributed by atoms with van der Waals surface area (Å²) in [5.41, 5.74) is 2.95. The van der Waals surface area contributed by atoms with Gasteiger partial charge in [-0.2, -0.15) is 0 Å². The second kappa shape index (κ2) is 6.76. The van der Waals surface area contributed by atoms with E-state index >= 15 is 0 Å². The van der Waals surface area contributed by atoms with Gasteiger partial charge in [0.05, 0.1) is 28.2 Å². The van der Waals surface area contributed by atoms with Crippen LogP contribution in [0.2, 0.25) is 0 Å². The first-order valence-corrected chi connectivity index (χ1v) is 9.47. The minimum absolute atomic E-state index is 0.260. The van der Waals surface area contributed by atoms with Crippen molar-refractivity contribution in [1.29, 1.82) is 0 Å². The second-order valence-electron chi connectivity index (χ2n) is 6.60. The lowest BCUT2D eigenvalue weighted by Gasteiger charge is -2.17. The van der Waals surface area contributed by atoms with Crippen LogP contribution in [0.1, 0.15) is 42.1 Å². The number of nitrogens with zero attached hydrogens (tertiary/aromatic N) is 2. The molecule has 3 aromatic rings. The van der Waals surface area contributed by atoms with Crippen LogP contribution in [0, 0.1) is 0 Å². The Bertz CT molecular complexity index is 990. The first-order chi connectivity index (χ1) is 12.6. The second-order valence-corrected chi connectivity index (χ2v) is 7.46. The zero-order valence-electron chi connectivity index (χ0n) is 14.4. The van der Waals surface area contributed by atoms with Gasteiger partial charge in [-0.25, -0.2) is 9.78 Å². The molecule has 6 heteroatoms. The van der Waals surface area contributed by atoms with Gasteiger partial charge in [-0.3, -0.25) is 0 Å². The highest BCUT2D eigenvalue weighted by Gasteiger charge is 2.24. The summed E-state index contributed by atoms with van der Waals surface area (Å²) in [6.45, 7) is 0. The highest BCUT2D eigenvalue weighted by atomic mass is 79.9. The zero-order chi connectivity index (χ0) is 18.3. The Labute approximate surface area is 159 Å². The molecule has 0 radical (unpaired) electrons. The maximum Gasteiger partial charge on any atom is 0.335 e. The van der Waals surface area contributed by atoms with Crippen molar-refractivity contribution in [3.05, 3.63) is 46.4 Å². The normalized spacial score (nSPS) is 14.8. The standard InChI is InChI=1S/C20H19BrN2O3/c1-26-18-9-7-12(10-15(18)21)19-22-16-11-13(20(24)25)6-8-17(16)23(19)14-4-2-3-5-14/h6-11,14H,2-5H2,1H3,(H,24,25). The van der Waals surface area contributed by atoms with E-state index in [1.165, 1.54) is 12.8 Å². The van der Waals surface area contributed by atoms with Crippen LogP contribution >= 0.6 is 15.9 Å². The minimum atomic E-state index is -0.934. The molecule has 0 spiro atoms. The van der Waals surface area contributed by atoms with E-state index in [1.807, 2.05) is 24.3 Å². The third kappa shape index (κ3) is 2.88. The first kappa shape index (κ1) is 17.1. The molecule has 1 fully saturated rings. The van der Waals surface area contributed by atoms with Gasteiger partial charge < -0.3 is 14.4 Å². The van der Waals surface area contributed by atoms with Crippen LogP contribution in [0.5, 0.6) is 5.75 Å². The van der Waals surface area contributed by atoms with Gasteiger partial charge in [0.2, 0.25) is 0 Å². The molecule has 134 valence electrons. The van der Waals surface area contributed by atoms with Gasteiger partial charge in [0.15, 0.2) is 0 Å². The van der Waals surface area contributed by atoms with Gasteiger partial charge in [0.1, 0.15) is 11.6 Å². The quantitative estimate of drug-likeness (QED) is 0.629. The Morgan fingerprint density at radius 2 is 2.00 bits per heavy atom. The van der Waals surface area contributed by atoms with Crippen molar-refractivity contribution in [3.63, 3.8) is 0 Å². The van der Waals surface area contributed by atoms with Gasteiger partial charge in [-0.15, -0.1) is 0 Å². The number of rotatable bonds is 4. The topological polar surface area (TPSA) is 64.3 Å². The predicted molar refractivity (Wildman–Crippen MR) is 104 cm³/mol. The van der Waals surface area contributed by atoms with Crippen LogP contribution < -0.4 is 4.74 Å². The predicted octanol–water partition coefficient (Wildman–Crippen LogP) is 5.29. The lowest BCUT2D eigenvalue weighted by atomic mass is 10.1. The molecule has 0 saturated heterocycles. The van der Waals surface area contributed by atoms with E-state index in [0.717, 1.165) is 45.5 Å². The van der Waals surface area contributed by atoms with Gasteiger partial charge in [-0.05, 0) is 65.2 Å². The Hall–Kier alpha value is -2.34. The highest BCUT2D eigenvalue weighted by Crippen LogP contribution is 2.38. The van der Waals surface area contributed by atoms with Crippen LogP contribution in [0.3, 0.4) is 0 Å². The van der Waals surface area contributed by atoms with E-state index in [2.05, 4.69) is 20.5 Å². The fourth-order valence-corrected chi connectivity index (χ4v) is 4.31. The first-order valence-electron chi connectivity index (χ1n) is 8.67. The molecule has 4 rings (SSSR count). The van der Waals surface area contributed by atoms with Gasteiger partial charge >= 0.3 is 5.97 Å². The fraction of sp³-hybridized carbons (Fsp3) is 0.300. The lowest BCUT2D eigenvalue weighted by Crippen LogP contribution is -2.07. The van der Waals surface area contributed by atoms with E-state index < -0.39 is 5.97 Å². The maximum atomic E-state index is 11.3. The molecule has 1 aliphatic rings. The van der Waals surface area contributed by atoms with Crippen LogP contribution in [0.15, 0.2) is 40.9 Å². The molecule has 1 aliphatic carbocycles. The molecular weight excluding hydrogens is 396 g/mol. The average Bonchev–Trinajstić information content (AvgIpc) is 3.27. The number of ether oxygens (including phenoxy) is 1. The van der Waals surface area contributed by atoms with Crippen molar-refractivity contribution in [2.75, 3.05) is 7.11 Å². The Balaban J connectivity index is 1.93. The maximum absolute atomic E-state index is 11.3. The molecule has 0 unspecified atom stereocenters. The number of aromatic nitrogens is 2. The third-order valence-electron chi connectivity index (χ3n) is 5.04. The summed E-state index contributed by atoms with van der Waals surface area (Å²) in [5.74, 6) is 0.708. The summed E-state index contributed by atoms with van der Waals surface area (Å²) in [7, 11) is 1.64. The number of methoxy groups -OCH3 is 1. The molecule has 0 aliphatic heterocycles. The smallest absolute Gasteiger partial charge is 0.335 e. The SMILES string of the molecule is COc1ccc(-c2nc3cc(C(=O)O)ccc3n2C2CCCC2)cc1Br. The number of halogens is 1. The Kier molecular flexibility index (Phi) is 4.44.